The number of nitrogens with one attached hydrogen (secondary N) is 1. The zero-order chi connectivity index (χ0) is 11.3. The molecule has 0 unspecified atom stereocenters. The highest BCUT2D eigenvalue weighted by atomic mass is 32.2. The van der Waals surface area contributed by atoms with Crippen molar-refractivity contribution in [1.82, 2.24) is 5.32 Å². The number of rotatable bonds is 5. The van der Waals surface area contributed by atoms with Gasteiger partial charge < -0.3 is 10.4 Å². The van der Waals surface area contributed by atoms with E-state index in [-0.39, 0.29) is 17.9 Å². The standard InChI is InChI=1S/C10H21NO3S/c1-15(13,14)8-4-7-11-9-5-2-3-6-10(9)12/h9-12H,2-8H2,1H3/t9-,10-/m0/s1. The summed E-state index contributed by atoms with van der Waals surface area (Å²) in [5.41, 5.74) is 0. The summed E-state index contributed by atoms with van der Waals surface area (Å²) in [6, 6.07) is 0.165. The van der Waals surface area contributed by atoms with E-state index in [9.17, 15) is 13.5 Å². The van der Waals surface area contributed by atoms with Gasteiger partial charge >= 0.3 is 0 Å². The van der Waals surface area contributed by atoms with E-state index in [2.05, 4.69) is 5.32 Å². The van der Waals surface area contributed by atoms with Gasteiger partial charge in [-0.25, -0.2) is 8.42 Å². The molecule has 0 radical (unpaired) electrons. The molecule has 1 rings (SSSR count). The summed E-state index contributed by atoms with van der Waals surface area (Å²) in [5.74, 6) is 0.225. The van der Waals surface area contributed by atoms with Crippen molar-refractivity contribution in [1.29, 1.82) is 0 Å². The topological polar surface area (TPSA) is 66.4 Å². The molecule has 0 aromatic carbocycles. The predicted molar refractivity (Wildman–Crippen MR) is 60.6 cm³/mol. The minimum Gasteiger partial charge on any atom is -0.392 e. The van der Waals surface area contributed by atoms with Crippen LogP contribution in [0, 0.1) is 0 Å². The molecule has 1 fully saturated rings. The second kappa shape index (κ2) is 5.82. The predicted octanol–water partition coefficient (Wildman–Crippen LogP) is 0.314. The Kier molecular flexibility index (Phi) is 5.02. The third-order valence-corrected chi connectivity index (χ3v) is 3.86. The Labute approximate surface area is 92.0 Å². The van der Waals surface area contributed by atoms with E-state index in [4.69, 9.17) is 0 Å². The van der Waals surface area contributed by atoms with Crippen LogP contribution in [-0.4, -0.2) is 44.2 Å². The summed E-state index contributed by atoms with van der Waals surface area (Å²) >= 11 is 0. The summed E-state index contributed by atoms with van der Waals surface area (Å²) in [4.78, 5) is 0. The second-order valence-electron chi connectivity index (χ2n) is 4.40. The van der Waals surface area contributed by atoms with Gasteiger partial charge in [0, 0.05) is 12.3 Å². The quantitative estimate of drug-likeness (QED) is 0.673. The molecule has 0 amide bonds. The fourth-order valence-electron chi connectivity index (χ4n) is 1.97. The number of aliphatic hydroxyl groups excluding tert-OH is 1. The average molecular weight is 235 g/mol. The van der Waals surface area contributed by atoms with Gasteiger partial charge in [0.25, 0.3) is 0 Å². The highest BCUT2D eigenvalue weighted by Gasteiger charge is 2.21. The van der Waals surface area contributed by atoms with Crippen molar-refractivity contribution in [3.05, 3.63) is 0 Å². The fraction of sp³-hybridized carbons (Fsp3) is 1.00. The SMILES string of the molecule is CS(=O)(=O)CCCN[C@H]1CCCC[C@@H]1O. The van der Waals surface area contributed by atoms with E-state index in [0.717, 1.165) is 25.7 Å². The monoisotopic (exact) mass is 235 g/mol. The van der Waals surface area contributed by atoms with Gasteiger partial charge in [0.05, 0.1) is 11.9 Å². The van der Waals surface area contributed by atoms with Gasteiger partial charge in [-0.2, -0.15) is 0 Å². The molecule has 2 atom stereocenters. The van der Waals surface area contributed by atoms with Gasteiger partial charge in [0.15, 0.2) is 0 Å². The molecule has 0 aromatic rings. The fourth-order valence-corrected chi connectivity index (χ4v) is 2.64. The van der Waals surface area contributed by atoms with E-state index in [1.165, 1.54) is 6.26 Å². The molecule has 2 N–H and O–H groups in total. The van der Waals surface area contributed by atoms with Crippen molar-refractivity contribution in [2.24, 2.45) is 0 Å². The van der Waals surface area contributed by atoms with Crippen LogP contribution in [-0.2, 0) is 9.84 Å². The number of sulfone groups is 1. The van der Waals surface area contributed by atoms with Gasteiger partial charge in [-0.05, 0) is 25.8 Å². The van der Waals surface area contributed by atoms with Crippen molar-refractivity contribution in [2.75, 3.05) is 18.6 Å². The second-order valence-corrected chi connectivity index (χ2v) is 6.66. The summed E-state index contributed by atoms with van der Waals surface area (Å²) in [6.45, 7) is 0.675. The lowest BCUT2D eigenvalue weighted by atomic mass is 9.92. The maximum Gasteiger partial charge on any atom is 0.147 e. The molecule has 1 aliphatic rings. The zero-order valence-electron chi connectivity index (χ0n) is 9.28. The number of hydrogen-bond donors (Lipinski definition) is 2. The maximum atomic E-state index is 10.9. The van der Waals surface area contributed by atoms with E-state index in [1.54, 1.807) is 0 Å². The molecule has 0 aliphatic heterocycles. The Hall–Kier alpha value is -0.130. The molecule has 5 heteroatoms. The third kappa shape index (κ3) is 5.49. The molecule has 0 saturated heterocycles. The van der Waals surface area contributed by atoms with Crippen LogP contribution >= 0.6 is 0 Å². The Bertz CT molecular complexity index is 276. The number of aliphatic hydroxyl groups is 1. The summed E-state index contributed by atoms with van der Waals surface area (Å²) in [6.07, 6.45) is 5.75. The largest absolute Gasteiger partial charge is 0.392 e. The molecular weight excluding hydrogens is 214 g/mol. The van der Waals surface area contributed by atoms with Crippen LogP contribution in [0.15, 0.2) is 0 Å². The molecule has 0 bridgehead atoms. The molecule has 0 spiro atoms. The lowest BCUT2D eigenvalue weighted by Crippen LogP contribution is -2.42. The lowest BCUT2D eigenvalue weighted by Gasteiger charge is -2.28. The molecule has 0 heterocycles. The first-order valence-electron chi connectivity index (χ1n) is 5.58. The van der Waals surface area contributed by atoms with Crippen molar-refractivity contribution < 1.29 is 13.5 Å². The van der Waals surface area contributed by atoms with Crippen LogP contribution in [0.25, 0.3) is 0 Å². The normalized spacial score (nSPS) is 27.9. The van der Waals surface area contributed by atoms with Crippen molar-refractivity contribution in [3.8, 4) is 0 Å². The summed E-state index contributed by atoms with van der Waals surface area (Å²) in [7, 11) is -2.84. The number of hydrogen-bond acceptors (Lipinski definition) is 4. The van der Waals surface area contributed by atoms with E-state index >= 15 is 0 Å². The van der Waals surface area contributed by atoms with Crippen molar-refractivity contribution in [3.63, 3.8) is 0 Å². The third-order valence-electron chi connectivity index (χ3n) is 2.83. The Morgan fingerprint density at radius 3 is 2.60 bits per heavy atom. The zero-order valence-corrected chi connectivity index (χ0v) is 10.1. The van der Waals surface area contributed by atoms with Crippen LogP contribution in [0.4, 0.5) is 0 Å². The first kappa shape index (κ1) is 12.9. The molecule has 1 saturated carbocycles. The average Bonchev–Trinajstić information content (AvgIpc) is 2.13. The van der Waals surface area contributed by atoms with Crippen LogP contribution in [0.1, 0.15) is 32.1 Å². The van der Waals surface area contributed by atoms with Gasteiger partial charge in [0.2, 0.25) is 0 Å². The van der Waals surface area contributed by atoms with Crippen LogP contribution < -0.4 is 5.32 Å². The first-order valence-corrected chi connectivity index (χ1v) is 7.64. The van der Waals surface area contributed by atoms with E-state index < -0.39 is 9.84 Å². The Morgan fingerprint density at radius 1 is 1.33 bits per heavy atom. The highest BCUT2D eigenvalue weighted by Crippen LogP contribution is 2.18. The smallest absolute Gasteiger partial charge is 0.147 e. The Balaban J connectivity index is 2.14. The molecule has 15 heavy (non-hydrogen) atoms. The lowest BCUT2D eigenvalue weighted by molar-refractivity contribution is 0.0913. The maximum absolute atomic E-state index is 10.9. The summed E-state index contributed by atoms with van der Waals surface area (Å²) in [5, 5.41) is 12.9. The first-order chi connectivity index (χ1) is 6.99. The van der Waals surface area contributed by atoms with Gasteiger partial charge in [0.1, 0.15) is 9.84 Å². The van der Waals surface area contributed by atoms with Gasteiger partial charge in [-0.3, -0.25) is 0 Å². The van der Waals surface area contributed by atoms with Crippen molar-refractivity contribution in [2.45, 2.75) is 44.2 Å². The van der Waals surface area contributed by atoms with Crippen LogP contribution in [0.2, 0.25) is 0 Å². The van der Waals surface area contributed by atoms with E-state index in [1.807, 2.05) is 0 Å². The Morgan fingerprint density at radius 2 is 2.00 bits per heavy atom. The van der Waals surface area contributed by atoms with Crippen molar-refractivity contribution >= 4 is 9.84 Å². The highest BCUT2D eigenvalue weighted by molar-refractivity contribution is 7.90. The van der Waals surface area contributed by atoms with Crippen LogP contribution in [0.3, 0.4) is 0 Å². The molecular formula is C10H21NO3S. The summed E-state index contributed by atoms with van der Waals surface area (Å²) < 4.78 is 21.7. The van der Waals surface area contributed by atoms with E-state index in [0.29, 0.717) is 13.0 Å². The molecule has 1 aliphatic carbocycles. The molecule has 4 nitrogen and oxygen atoms in total. The van der Waals surface area contributed by atoms with Gasteiger partial charge in [-0.1, -0.05) is 12.8 Å². The minimum absolute atomic E-state index is 0.165. The molecule has 0 aromatic heterocycles. The molecule has 90 valence electrons. The minimum atomic E-state index is -2.84. The van der Waals surface area contributed by atoms with Gasteiger partial charge in [-0.15, -0.1) is 0 Å². The van der Waals surface area contributed by atoms with Crippen LogP contribution in [0.5, 0.6) is 0 Å².